The first kappa shape index (κ1) is 15.3. The van der Waals surface area contributed by atoms with Crippen LogP contribution in [0.3, 0.4) is 0 Å². The van der Waals surface area contributed by atoms with Crippen LogP contribution in [0.5, 0.6) is 0 Å². The van der Waals surface area contributed by atoms with E-state index in [1.54, 1.807) is 0 Å². The van der Waals surface area contributed by atoms with E-state index in [0.29, 0.717) is 18.5 Å². The van der Waals surface area contributed by atoms with Gasteiger partial charge < -0.3 is 9.84 Å². The lowest BCUT2D eigenvalue weighted by Gasteiger charge is -2.19. The zero-order valence-corrected chi connectivity index (χ0v) is 13.1. The molecule has 1 aromatic heterocycles. The molecule has 0 aliphatic rings. The number of nitrogens with zero attached hydrogens (tertiary/aromatic N) is 1. The summed E-state index contributed by atoms with van der Waals surface area (Å²) >= 11 is 0. The predicted molar refractivity (Wildman–Crippen MR) is 82.4 cm³/mol. The van der Waals surface area contributed by atoms with Crippen LogP contribution in [-0.2, 0) is 11.8 Å². The fourth-order valence-electron chi connectivity index (χ4n) is 2.06. The van der Waals surface area contributed by atoms with E-state index in [4.69, 9.17) is 4.52 Å². The molecule has 112 valence electrons. The third kappa shape index (κ3) is 4.18. The fraction of sp³-hybridized carbons (Fsp3) is 0.412. The molecule has 0 aliphatic carbocycles. The molecule has 2 rings (SSSR count). The smallest absolute Gasteiger partial charge is 0.251 e. The van der Waals surface area contributed by atoms with E-state index in [0.717, 1.165) is 11.5 Å². The highest BCUT2D eigenvalue weighted by Gasteiger charge is 2.14. The number of hydrogen-bond donors (Lipinski definition) is 1. The van der Waals surface area contributed by atoms with E-state index in [1.807, 2.05) is 37.3 Å². The van der Waals surface area contributed by atoms with Gasteiger partial charge in [-0.05, 0) is 30.0 Å². The maximum absolute atomic E-state index is 12.0. The minimum absolute atomic E-state index is 0.0596. The van der Waals surface area contributed by atoms with Gasteiger partial charge in [-0.3, -0.25) is 4.79 Å². The molecular weight excluding hydrogens is 264 g/mol. The zero-order valence-electron chi connectivity index (χ0n) is 13.1. The number of nitrogens with one attached hydrogen (secondary N) is 1. The van der Waals surface area contributed by atoms with Crippen LogP contribution in [0.25, 0.3) is 0 Å². The normalized spacial score (nSPS) is 11.4. The number of aromatic nitrogens is 1. The number of carbonyl (C=O) groups excluding carboxylic acids is 1. The summed E-state index contributed by atoms with van der Waals surface area (Å²) in [4.78, 5) is 12.0. The van der Waals surface area contributed by atoms with Gasteiger partial charge in [-0.25, -0.2) is 0 Å². The molecule has 1 aromatic carbocycles. The van der Waals surface area contributed by atoms with Crippen molar-refractivity contribution in [3.8, 4) is 0 Å². The highest BCUT2D eigenvalue weighted by molar-refractivity contribution is 5.94. The highest BCUT2D eigenvalue weighted by Crippen LogP contribution is 2.22. The summed E-state index contributed by atoms with van der Waals surface area (Å²) in [6.45, 7) is 8.86. The van der Waals surface area contributed by atoms with E-state index in [-0.39, 0.29) is 11.3 Å². The lowest BCUT2D eigenvalue weighted by atomic mass is 9.87. The van der Waals surface area contributed by atoms with Crippen molar-refractivity contribution >= 4 is 5.91 Å². The summed E-state index contributed by atoms with van der Waals surface area (Å²) in [5.41, 5.74) is 2.85. The van der Waals surface area contributed by atoms with Crippen molar-refractivity contribution in [3.63, 3.8) is 0 Å². The van der Waals surface area contributed by atoms with Gasteiger partial charge in [0.25, 0.3) is 5.91 Å². The molecule has 0 radical (unpaired) electrons. The minimum atomic E-state index is -0.0596. The van der Waals surface area contributed by atoms with Crippen molar-refractivity contribution in [2.45, 2.75) is 39.5 Å². The second-order valence-electron chi connectivity index (χ2n) is 6.26. The predicted octanol–water partition coefficient (Wildman–Crippen LogP) is 3.25. The Morgan fingerprint density at radius 2 is 1.90 bits per heavy atom. The van der Waals surface area contributed by atoms with E-state index in [2.05, 4.69) is 31.2 Å². The average molecular weight is 286 g/mol. The summed E-state index contributed by atoms with van der Waals surface area (Å²) in [6.07, 6.45) is 0.670. The van der Waals surface area contributed by atoms with Crippen LogP contribution in [0.4, 0.5) is 0 Å². The molecule has 21 heavy (non-hydrogen) atoms. The largest absolute Gasteiger partial charge is 0.361 e. The number of amides is 1. The van der Waals surface area contributed by atoms with Gasteiger partial charge in [0.2, 0.25) is 0 Å². The Morgan fingerprint density at radius 3 is 2.43 bits per heavy atom. The number of aryl methyl sites for hydroxylation is 1. The van der Waals surface area contributed by atoms with Crippen molar-refractivity contribution in [1.29, 1.82) is 0 Å². The molecule has 0 spiro atoms. The Hall–Kier alpha value is -2.10. The molecule has 0 bridgehead atoms. The SMILES string of the molecule is Cc1cc(CCNC(=O)c2ccc(C(C)(C)C)cc2)no1. The Bertz CT molecular complexity index is 606. The van der Waals surface area contributed by atoms with E-state index >= 15 is 0 Å². The van der Waals surface area contributed by atoms with Gasteiger partial charge in [0.1, 0.15) is 5.76 Å². The van der Waals surface area contributed by atoms with Crippen molar-refractivity contribution in [3.05, 3.63) is 52.9 Å². The highest BCUT2D eigenvalue weighted by atomic mass is 16.5. The van der Waals surface area contributed by atoms with Crippen LogP contribution < -0.4 is 5.32 Å². The Kier molecular flexibility index (Phi) is 4.46. The standard InChI is InChI=1S/C17H22N2O2/c1-12-11-15(19-21-12)9-10-18-16(20)13-5-7-14(8-6-13)17(2,3)4/h5-8,11H,9-10H2,1-4H3,(H,18,20). The van der Waals surface area contributed by atoms with Crippen LogP contribution in [-0.4, -0.2) is 17.6 Å². The third-order valence-corrected chi connectivity index (χ3v) is 3.36. The number of rotatable bonds is 4. The molecule has 1 N–H and O–H groups in total. The van der Waals surface area contributed by atoms with Crippen LogP contribution in [0.2, 0.25) is 0 Å². The molecule has 0 saturated heterocycles. The third-order valence-electron chi connectivity index (χ3n) is 3.36. The van der Waals surface area contributed by atoms with E-state index in [9.17, 15) is 4.79 Å². The first-order valence-corrected chi connectivity index (χ1v) is 7.17. The van der Waals surface area contributed by atoms with E-state index in [1.165, 1.54) is 5.56 Å². The molecule has 4 heteroatoms. The number of benzene rings is 1. The van der Waals surface area contributed by atoms with Crippen molar-refractivity contribution in [1.82, 2.24) is 10.5 Å². The number of carbonyl (C=O) groups is 1. The zero-order chi connectivity index (χ0) is 15.5. The fourth-order valence-corrected chi connectivity index (χ4v) is 2.06. The van der Waals surface area contributed by atoms with Crippen LogP contribution >= 0.6 is 0 Å². The molecule has 4 nitrogen and oxygen atoms in total. The molecule has 0 atom stereocenters. The van der Waals surface area contributed by atoms with E-state index < -0.39 is 0 Å². The summed E-state index contributed by atoms with van der Waals surface area (Å²) in [7, 11) is 0. The quantitative estimate of drug-likeness (QED) is 0.938. The maximum atomic E-state index is 12.0. The monoisotopic (exact) mass is 286 g/mol. The Labute approximate surface area is 125 Å². The molecule has 0 aliphatic heterocycles. The molecule has 1 amide bonds. The Balaban J connectivity index is 1.88. The van der Waals surface area contributed by atoms with Gasteiger partial charge in [0.05, 0.1) is 5.69 Å². The number of hydrogen-bond acceptors (Lipinski definition) is 3. The molecule has 0 unspecified atom stereocenters. The summed E-state index contributed by atoms with van der Waals surface area (Å²) in [5, 5.41) is 6.79. The van der Waals surface area contributed by atoms with Crippen LogP contribution in [0.1, 0.15) is 48.1 Å². The van der Waals surface area contributed by atoms with Crippen molar-refractivity contribution in [2.24, 2.45) is 0 Å². The van der Waals surface area contributed by atoms with Gasteiger partial charge in [-0.1, -0.05) is 38.1 Å². The minimum Gasteiger partial charge on any atom is -0.361 e. The molecule has 1 heterocycles. The van der Waals surface area contributed by atoms with Crippen molar-refractivity contribution < 1.29 is 9.32 Å². The van der Waals surface area contributed by atoms with Gasteiger partial charge in [0, 0.05) is 24.6 Å². The summed E-state index contributed by atoms with van der Waals surface area (Å²) < 4.78 is 4.99. The topological polar surface area (TPSA) is 55.1 Å². The second kappa shape index (κ2) is 6.12. The van der Waals surface area contributed by atoms with Gasteiger partial charge in [0.15, 0.2) is 0 Å². The molecule has 2 aromatic rings. The maximum Gasteiger partial charge on any atom is 0.251 e. The summed E-state index contributed by atoms with van der Waals surface area (Å²) in [5.74, 6) is 0.727. The average Bonchev–Trinajstić information content (AvgIpc) is 2.83. The Morgan fingerprint density at radius 1 is 1.24 bits per heavy atom. The lowest BCUT2D eigenvalue weighted by Crippen LogP contribution is -2.25. The van der Waals surface area contributed by atoms with Gasteiger partial charge >= 0.3 is 0 Å². The summed E-state index contributed by atoms with van der Waals surface area (Å²) in [6, 6.07) is 9.64. The van der Waals surface area contributed by atoms with Crippen LogP contribution in [0.15, 0.2) is 34.9 Å². The first-order valence-electron chi connectivity index (χ1n) is 7.17. The second-order valence-corrected chi connectivity index (χ2v) is 6.26. The van der Waals surface area contributed by atoms with Crippen LogP contribution in [0, 0.1) is 6.92 Å². The lowest BCUT2D eigenvalue weighted by molar-refractivity contribution is 0.0954. The van der Waals surface area contributed by atoms with Crippen molar-refractivity contribution in [2.75, 3.05) is 6.54 Å². The van der Waals surface area contributed by atoms with Gasteiger partial charge in [-0.15, -0.1) is 0 Å². The first-order chi connectivity index (χ1) is 9.86. The molecule has 0 saturated carbocycles. The molecular formula is C17H22N2O2. The molecule has 0 fully saturated rings. The van der Waals surface area contributed by atoms with Gasteiger partial charge in [-0.2, -0.15) is 0 Å².